The second-order valence-corrected chi connectivity index (χ2v) is 6.23. The molecule has 6 nitrogen and oxygen atoms in total. The molecule has 1 heterocycles. The van der Waals surface area contributed by atoms with Crippen molar-refractivity contribution >= 4 is 17.7 Å². The summed E-state index contributed by atoms with van der Waals surface area (Å²) in [5.74, 6) is -0.0279. The third kappa shape index (κ3) is 4.63. The Kier molecular flexibility index (Phi) is 6.46. The van der Waals surface area contributed by atoms with E-state index in [0.717, 1.165) is 13.1 Å². The number of piperazine rings is 1. The van der Waals surface area contributed by atoms with Crippen LogP contribution in [-0.4, -0.2) is 55.7 Å². The van der Waals surface area contributed by atoms with Crippen LogP contribution in [-0.2, 0) is 9.53 Å². The van der Waals surface area contributed by atoms with Gasteiger partial charge >= 0.3 is 6.09 Å². The first kappa shape index (κ1) is 18.1. The summed E-state index contributed by atoms with van der Waals surface area (Å²) < 4.78 is 4.91. The van der Waals surface area contributed by atoms with E-state index in [-0.39, 0.29) is 11.8 Å². The molecule has 0 spiro atoms. The van der Waals surface area contributed by atoms with Crippen LogP contribution in [0, 0.1) is 5.92 Å². The van der Waals surface area contributed by atoms with Gasteiger partial charge in [-0.3, -0.25) is 4.79 Å². The number of benzene rings is 1. The van der Waals surface area contributed by atoms with Gasteiger partial charge in [0.15, 0.2) is 0 Å². The van der Waals surface area contributed by atoms with E-state index in [1.54, 1.807) is 6.92 Å². The molecule has 0 aliphatic carbocycles. The summed E-state index contributed by atoms with van der Waals surface area (Å²) in [5, 5.41) is 2.69. The monoisotopic (exact) mass is 333 g/mol. The Morgan fingerprint density at radius 1 is 1.12 bits per heavy atom. The van der Waals surface area contributed by atoms with E-state index >= 15 is 0 Å². The summed E-state index contributed by atoms with van der Waals surface area (Å²) in [6.45, 7) is 8.78. The highest BCUT2D eigenvalue weighted by molar-refractivity contribution is 5.86. The molecule has 0 saturated carbocycles. The van der Waals surface area contributed by atoms with Gasteiger partial charge in [-0.15, -0.1) is 0 Å². The molecular weight excluding hydrogens is 306 g/mol. The molecule has 1 fully saturated rings. The fourth-order valence-electron chi connectivity index (χ4n) is 2.83. The Morgan fingerprint density at radius 2 is 1.75 bits per heavy atom. The molecule has 0 aromatic heterocycles. The van der Waals surface area contributed by atoms with E-state index in [9.17, 15) is 9.59 Å². The fraction of sp³-hybridized carbons (Fsp3) is 0.556. The van der Waals surface area contributed by atoms with E-state index in [2.05, 4.69) is 22.3 Å². The van der Waals surface area contributed by atoms with Gasteiger partial charge in [-0.1, -0.05) is 32.0 Å². The van der Waals surface area contributed by atoms with E-state index in [1.165, 1.54) is 5.69 Å². The molecule has 1 aliphatic rings. The zero-order chi connectivity index (χ0) is 17.5. The molecule has 0 bridgehead atoms. The zero-order valence-electron chi connectivity index (χ0n) is 14.7. The van der Waals surface area contributed by atoms with Crippen LogP contribution in [0.3, 0.4) is 0 Å². The number of carbonyl (C=O) groups is 2. The average Bonchev–Trinajstić information content (AvgIpc) is 2.60. The number of hydrogen-bond acceptors (Lipinski definition) is 4. The molecule has 0 radical (unpaired) electrons. The van der Waals surface area contributed by atoms with Crippen LogP contribution >= 0.6 is 0 Å². The largest absolute Gasteiger partial charge is 0.450 e. The van der Waals surface area contributed by atoms with Crippen molar-refractivity contribution in [2.75, 3.05) is 37.7 Å². The molecule has 6 heteroatoms. The maximum atomic E-state index is 12.8. The van der Waals surface area contributed by atoms with Crippen LogP contribution in [0.25, 0.3) is 0 Å². The first-order valence-corrected chi connectivity index (χ1v) is 8.55. The summed E-state index contributed by atoms with van der Waals surface area (Å²) in [6, 6.07) is 9.65. The van der Waals surface area contributed by atoms with Crippen molar-refractivity contribution in [2.45, 2.75) is 26.8 Å². The highest BCUT2D eigenvalue weighted by atomic mass is 16.5. The quantitative estimate of drug-likeness (QED) is 0.896. The van der Waals surface area contributed by atoms with Crippen LogP contribution in [0.1, 0.15) is 20.8 Å². The minimum absolute atomic E-state index is 0.00839. The topological polar surface area (TPSA) is 61.9 Å². The number of amides is 2. The number of ether oxygens (including phenoxy) is 1. The Balaban J connectivity index is 1.93. The highest BCUT2D eigenvalue weighted by Crippen LogP contribution is 2.17. The van der Waals surface area contributed by atoms with Gasteiger partial charge in [0.25, 0.3) is 0 Å². The molecule has 1 aromatic rings. The second-order valence-electron chi connectivity index (χ2n) is 6.23. The number of hydrogen-bond donors (Lipinski definition) is 1. The van der Waals surface area contributed by atoms with Gasteiger partial charge in [-0.25, -0.2) is 4.79 Å². The molecule has 132 valence electrons. The predicted octanol–water partition coefficient (Wildman–Crippen LogP) is 2.11. The van der Waals surface area contributed by atoms with E-state index in [0.29, 0.717) is 19.7 Å². The minimum atomic E-state index is -0.549. The Hall–Kier alpha value is -2.24. The summed E-state index contributed by atoms with van der Waals surface area (Å²) in [4.78, 5) is 28.5. The number of para-hydroxylation sites is 1. The third-order valence-corrected chi connectivity index (χ3v) is 4.19. The van der Waals surface area contributed by atoms with Crippen LogP contribution in [0.2, 0.25) is 0 Å². The number of nitrogens with one attached hydrogen (secondary N) is 1. The first-order chi connectivity index (χ1) is 11.5. The Labute approximate surface area is 143 Å². The van der Waals surface area contributed by atoms with Gasteiger partial charge in [-0.05, 0) is 25.0 Å². The average molecular weight is 333 g/mol. The van der Waals surface area contributed by atoms with Gasteiger partial charge in [-0.2, -0.15) is 0 Å². The SMILES string of the molecule is CCOC(=O)N[C@@H](C(=O)N1CCN(c2ccccc2)CC1)C(C)C. The standard InChI is InChI=1S/C18H27N3O3/c1-4-24-18(23)19-16(14(2)3)17(22)21-12-10-20(11-13-21)15-8-6-5-7-9-15/h5-9,14,16H,4,10-13H2,1-3H3,(H,19,23)/t16-/m1/s1. The number of anilines is 1. The maximum Gasteiger partial charge on any atom is 0.407 e. The lowest BCUT2D eigenvalue weighted by atomic mass is 10.0. The predicted molar refractivity (Wildman–Crippen MR) is 94.0 cm³/mol. The number of carbonyl (C=O) groups excluding carboxylic acids is 2. The number of rotatable bonds is 5. The summed E-state index contributed by atoms with van der Waals surface area (Å²) in [5.41, 5.74) is 1.18. The molecule has 0 unspecified atom stereocenters. The lowest BCUT2D eigenvalue weighted by molar-refractivity contribution is -0.134. The fourth-order valence-corrected chi connectivity index (χ4v) is 2.83. The Morgan fingerprint density at radius 3 is 2.29 bits per heavy atom. The van der Waals surface area contributed by atoms with Crippen molar-refractivity contribution in [3.05, 3.63) is 30.3 Å². The van der Waals surface area contributed by atoms with Crippen molar-refractivity contribution < 1.29 is 14.3 Å². The van der Waals surface area contributed by atoms with Gasteiger partial charge in [0.2, 0.25) is 5.91 Å². The van der Waals surface area contributed by atoms with Gasteiger partial charge in [0, 0.05) is 31.9 Å². The molecule has 1 atom stereocenters. The summed E-state index contributed by atoms with van der Waals surface area (Å²) >= 11 is 0. The molecule has 1 aliphatic heterocycles. The van der Waals surface area contributed by atoms with Crippen molar-refractivity contribution in [2.24, 2.45) is 5.92 Å². The van der Waals surface area contributed by atoms with E-state index in [1.807, 2.05) is 36.9 Å². The summed E-state index contributed by atoms with van der Waals surface area (Å²) in [7, 11) is 0. The van der Waals surface area contributed by atoms with Crippen molar-refractivity contribution in [3.63, 3.8) is 0 Å². The van der Waals surface area contributed by atoms with Gasteiger partial charge < -0.3 is 19.9 Å². The summed E-state index contributed by atoms with van der Waals surface area (Å²) in [6.07, 6.45) is -0.535. The van der Waals surface area contributed by atoms with Gasteiger partial charge in [0.1, 0.15) is 6.04 Å². The Bertz CT molecular complexity index is 540. The van der Waals surface area contributed by atoms with E-state index < -0.39 is 12.1 Å². The van der Waals surface area contributed by atoms with Crippen molar-refractivity contribution in [3.8, 4) is 0 Å². The van der Waals surface area contributed by atoms with Crippen LogP contribution in [0.15, 0.2) is 30.3 Å². The molecular formula is C18H27N3O3. The minimum Gasteiger partial charge on any atom is -0.450 e. The van der Waals surface area contributed by atoms with Crippen molar-refractivity contribution in [1.82, 2.24) is 10.2 Å². The number of nitrogens with zero attached hydrogens (tertiary/aromatic N) is 2. The lowest BCUT2D eigenvalue weighted by Gasteiger charge is -2.38. The first-order valence-electron chi connectivity index (χ1n) is 8.55. The van der Waals surface area contributed by atoms with Crippen LogP contribution in [0.5, 0.6) is 0 Å². The molecule has 1 aromatic carbocycles. The highest BCUT2D eigenvalue weighted by Gasteiger charge is 2.31. The van der Waals surface area contributed by atoms with E-state index in [4.69, 9.17) is 4.74 Å². The molecule has 24 heavy (non-hydrogen) atoms. The zero-order valence-corrected chi connectivity index (χ0v) is 14.7. The third-order valence-electron chi connectivity index (χ3n) is 4.19. The lowest BCUT2D eigenvalue weighted by Crippen LogP contribution is -2.56. The smallest absolute Gasteiger partial charge is 0.407 e. The van der Waals surface area contributed by atoms with Crippen LogP contribution in [0.4, 0.5) is 10.5 Å². The molecule has 1 N–H and O–H groups in total. The molecule has 2 amide bonds. The van der Waals surface area contributed by atoms with Gasteiger partial charge in [0.05, 0.1) is 6.61 Å². The second kappa shape index (κ2) is 8.57. The molecule has 2 rings (SSSR count). The molecule has 1 saturated heterocycles. The number of alkyl carbamates (subject to hydrolysis) is 1. The normalized spacial score (nSPS) is 16.0. The maximum absolute atomic E-state index is 12.8. The van der Waals surface area contributed by atoms with Crippen LogP contribution < -0.4 is 10.2 Å². The van der Waals surface area contributed by atoms with Crippen molar-refractivity contribution in [1.29, 1.82) is 0 Å².